The van der Waals surface area contributed by atoms with Crippen molar-refractivity contribution in [3.8, 4) is 5.75 Å². The minimum Gasteiger partial charge on any atom is -0.497 e. The van der Waals surface area contributed by atoms with Crippen molar-refractivity contribution < 1.29 is 19.1 Å². The molecule has 30 heavy (non-hydrogen) atoms. The molecule has 0 atom stereocenters. The second kappa shape index (κ2) is 8.22. The molecule has 2 heterocycles. The number of thiazole rings is 1. The maximum atomic E-state index is 12.4. The van der Waals surface area contributed by atoms with Crippen molar-refractivity contribution in [2.75, 3.05) is 19.0 Å². The third-order valence-electron chi connectivity index (χ3n) is 4.43. The number of halogens is 1. The van der Waals surface area contributed by atoms with Crippen molar-refractivity contribution in [1.29, 1.82) is 0 Å². The van der Waals surface area contributed by atoms with Crippen LogP contribution in [-0.4, -0.2) is 30.6 Å². The van der Waals surface area contributed by atoms with Gasteiger partial charge in [-0.15, -0.1) is 11.3 Å². The van der Waals surface area contributed by atoms with Gasteiger partial charge >= 0.3 is 5.97 Å². The van der Waals surface area contributed by atoms with Gasteiger partial charge in [-0.2, -0.15) is 0 Å². The third kappa shape index (κ3) is 3.98. The molecule has 0 fully saturated rings. The van der Waals surface area contributed by atoms with Crippen molar-refractivity contribution in [1.82, 2.24) is 4.98 Å². The van der Waals surface area contributed by atoms with Gasteiger partial charge in [0.1, 0.15) is 10.6 Å². The highest BCUT2D eigenvalue weighted by Crippen LogP contribution is 2.37. The number of carbonyl (C=O) groups is 2. The zero-order valence-electron chi connectivity index (χ0n) is 16.4. The zero-order chi connectivity index (χ0) is 21.4. The highest BCUT2D eigenvalue weighted by Gasteiger charge is 2.20. The smallest absolute Gasteiger partial charge is 0.350 e. The van der Waals surface area contributed by atoms with Gasteiger partial charge in [0.2, 0.25) is 0 Å². The fourth-order valence-electron chi connectivity index (χ4n) is 3.08. The summed E-state index contributed by atoms with van der Waals surface area (Å²) in [7, 11) is 1.57. The standard InChI is InChI=1S/C21H17ClN2O4S2/c1-10-6-11(2)18-15(7-10)30-21(24-18)23-16(25)9-28-20(26)19-17(22)13-5-4-12(27-3)8-14(13)29-19/h4-8H,9H2,1-3H3,(H,23,24,25). The molecule has 0 spiro atoms. The number of hydrogen-bond acceptors (Lipinski definition) is 7. The number of ether oxygens (including phenoxy) is 2. The van der Waals surface area contributed by atoms with E-state index in [1.54, 1.807) is 25.3 Å². The van der Waals surface area contributed by atoms with E-state index in [0.717, 1.165) is 31.4 Å². The molecule has 1 amide bonds. The van der Waals surface area contributed by atoms with Crippen LogP contribution in [0.3, 0.4) is 0 Å². The summed E-state index contributed by atoms with van der Waals surface area (Å²) in [5, 5.41) is 4.19. The number of fused-ring (bicyclic) bond motifs is 2. The number of anilines is 1. The Morgan fingerprint density at radius 2 is 1.93 bits per heavy atom. The van der Waals surface area contributed by atoms with Crippen LogP contribution in [0.2, 0.25) is 5.02 Å². The van der Waals surface area contributed by atoms with Crippen LogP contribution in [0.4, 0.5) is 5.13 Å². The van der Waals surface area contributed by atoms with Gasteiger partial charge in [0.05, 0.1) is 22.3 Å². The van der Waals surface area contributed by atoms with Crippen LogP contribution < -0.4 is 10.1 Å². The Hall–Kier alpha value is -2.68. The van der Waals surface area contributed by atoms with Gasteiger partial charge < -0.3 is 9.47 Å². The molecule has 6 nitrogen and oxygen atoms in total. The van der Waals surface area contributed by atoms with Gasteiger partial charge in [0.25, 0.3) is 5.91 Å². The number of rotatable bonds is 5. The fraction of sp³-hybridized carbons (Fsp3) is 0.190. The summed E-state index contributed by atoms with van der Waals surface area (Å²) in [5.41, 5.74) is 3.03. The largest absolute Gasteiger partial charge is 0.497 e. The summed E-state index contributed by atoms with van der Waals surface area (Å²) in [6.45, 7) is 3.56. The van der Waals surface area contributed by atoms with E-state index < -0.39 is 18.5 Å². The number of aromatic nitrogens is 1. The third-order valence-corrected chi connectivity index (χ3v) is 6.99. The number of hydrogen-bond donors (Lipinski definition) is 1. The molecule has 0 aliphatic heterocycles. The van der Waals surface area contributed by atoms with Crippen LogP contribution in [0, 0.1) is 13.8 Å². The molecule has 0 saturated carbocycles. The van der Waals surface area contributed by atoms with Crippen LogP contribution in [0.25, 0.3) is 20.3 Å². The molecule has 2 aromatic heterocycles. The number of nitrogens with one attached hydrogen (secondary N) is 1. The summed E-state index contributed by atoms with van der Waals surface area (Å²) in [6.07, 6.45) is 0. The molecule has 9 heteroatoms. The van der Waals surface area contributed by atoms with E-state index in [1.165, 1.54) is 22.7 Å². The van der Waals surface area contributed by atoms with Gasteiger partial charge in [-0.1, -0.05) is 29.0 Å². The molecule has 0 bridgehead atoms. The monoisotopic (exact) mass is 460 g/mol. The van der Waals surface area contributed by atoms with E-state index in [0.29, 0.717) is 15.9 Å². The maximum Gasteiger partial charge on any atom is 0.350 e. The molecule has 0 aliphatic carbocycles. The SMILES string of the molecule is COc1ccc2c(Cl)c(C(=O)OCC(=O)Nc3nc4c(C)cc(C)cc4s3)sc2c1. The lowest BCUT2D eigenvalue weighted by molar-refractivity contribution is -0.119. The Morgan fingerprint density at radius 3 is 2.70 bits per heavy atom. The van der Waals surface area contributed by atoms with Crippen LogP contribution in [0.1, 0.15) is 20.8 Å². The quantitative estimate of drug-likeness (QED) is 0.393. The highest BCUT2D eigenvalue weighted by molar-refractivity contribution is 7.22. The van der Waals surface area contributed by atoms with Crippen LogP contribution in [0.5, 0.6) is 5.75 Å². The van der Waals surface area contributed by atoms with Gasteiger partial charge in [0.15, 0.2) is 11.7 Å². The summed E-state index contributed by atoms with van der Waals surface area (Å²) < 4.78 is 12.2. The Labute approximate surface area is 185 Å². The number of benzene rings is 2. The molecular weight excluding hydrogens is 444 g/mol. The lowest BCUT2D eigenvalue weighted by atomic mass is 10.1. The van der Waals surface area contributed by atoms with E-state index in [1.807, 2.05) is 26.0 Å². The minimum atomic E-state index is -0.647. The number of carbonyl (C=O) groups excluding carboxylic acids is 2. The average molecular weight is 461 g/mol. The van der Waals surface area contributed by atoms with Crippen LogP contribution in [0.15, 0.2) is 30.3 Å². The first-order chi connectivity index (χ1) is 14.4. The molecule has 0 aliphatic rings. The van der Waals surface area contributed by atoms with Crippen LogP contribution >= 0.6 is 34.3 Å². The number of methoxy groups -OCH3 is 1. The van der Waals surface area contributed by atoms with Crippen LogP contribution in [-0.2, 0) is 9.53 Å². The van der Waals surface area contributed by atoms with Crippen molar-refractivity contribution in [3.63, 3.8) is 0 Å². The van der Waals surface area contributed by atoms with E-state index in [9.17, 15) is 9.59 Å². The van der Waals surface area contributed by atoms with Gasteiger partial charge in [-0.3, -0.25) is 10.1 Å². The number of thiophene rings is 1. The Balaban J connectivity index is 1.44. The number of amides is 1. The predicted molar refractivity (Wildman–Crippen MR) is 121 cm³/mol. The van der Waals surface area contributed by atoms with Crippen molar-refractivity contribution in [2.45, 2.75) is 13.8 Å². The van der Waals surface area contributed by atoms with E-state index in [-0.39, 0.29) is 4.88 Å². The summed E-state index contributed by atoms with van der Waals surface area (Å²) in [4.78, 5) is 29.4. The predicted octanol–water partition coefficient (Wildman–Crippen LogP) is 5.59. The minimum absolute atomic E-state index is 0.249. The molecule has 1 N–H and O–H groups in total. The van der Waals surface area contributed by atoms with Crippen molar-refractivity contribution in [2.24, 2.45) is 0 Å². The van der Waals surface area contributed by atoms with Crippen molar-refractivity contribution in [3.05, 3.63) is 51.4 Å². The van der Waals surface area contributed by atoms with E-state index in [4.69, 9.17) is 21.1 Å². The second-order valence-corrected chi connectivity index (χ2v) is 9.14. The number of esters is 1. The van der Waals surface area contributed by atoms with E-state index >= 15 is 0 Å². The molecule has 2 aromatic carbocycles. The number of aryl methyl sites for hydroxylation is 2. The van der Waals surface area contributed by atoms with E-state index in [2.05, 4.69) is 10.3 Å². The highest BCUT2D eigenvalue weighted by atomic mass is 35.5. The second-order valence-electron chi connectivity index (χ2n) is 6.68. The average Bonchev–Trinajstić information content (AvgIpc) is 3.26. The molecule has 154 valence electrons. The molecule has 0 saturated heterocycles. The first-order valence-electron chi connectivity index (χ1n) is 8.96. The lowest BCUT2D eigenvalue weighted by Crippen LogP contribution is -2.20. The Morgan fingerprint density at radius 1 is 1.13 bits per heavy atom. The lowest BCUT2D eigenvalue weighted by Gasteiger charge is -2.03. The van der Waals surface area contributed by atoms with Gasteiger partial charge in [-0.25, -0.2) is 9.78 Å². The normalized spacial score (nSPS) is 11.1. The Bertz CT molecular complexity index is 1300. The molecule has 0 radical (unpaired) electrons. The molecule has 0 unspecified atom stereocenters. The first kappa shape index (κ1) is 20.6. The van der Waals surface area contributed by atoms with Gasteiger partial charge in [0, 0.05) is 10.1 Å². The first-order valence-corrected chi connectivity index (χ1v) is 11.0. The van der Waals surface area contributed by atoms with Crippen molar-refractivity contribution >= 4 is 71.6 Å². The fourth-order valence-corrected chi connectivity index (χ4v) is 5.57. The van der Waals surface area contributed by atoms with Gasteiger partial charge in [-0.05, 0) is 49.2 Å². The molecular formula is C21H17ClN2O4S2. The summed E-state index contributed by atoms with van der Waals surface area (Å²) in [5.74, 6) is -0.442. The summed E-state index contributed by atoms with van der Waals surface area (Å²) in [6, 6.07) is 9.41. The number of nitrogens with zero attached hydrogens (tertiary/aromatic N) is 1. The molecule has 4 aromatic rings. The Kier molecular flexibility index (Phi) is 5.64. The molecule has 4 rings (SSSR count). The topological polar surface area (TPSA) is 77.5 Å². The summed E-state index contributed by atoms with van der Waals surface area (Å²) >= 11 is 8.90. The maximum absolute atomic E-state index is 12.4. The zero-order valence-corrected chi connectivity index (χ0v) is 18.8.